The fourth-order valence-corrected chi connectivity index (χ4v) is 5.01. The summed E-state index contributed by atoms with van der Waals surface area (Å²) < 4.78 is 6.62. The Morgan fingerprint density at radius 1 is 0.925 bits per heavy atom. The Morgan fingerprint density at radius 2 is 1.68 bits per heavy atom. The van der Waals surface area contributed by atoms with E-state index in [1.807, 2.05) is 48.5 Å². The Balaban J connectivity index is 1.61. The minimum Gasteiger partial charge on any atom is -0.378 e. The molecule has 40 heavy (non-hydrogen) atoms. The molecule has 3 heterocycles. The van der Waals surface area contributed by atoms with E-state index in [9.17, 15) is 14.9 Å². The van der Waals surface area contributed by atoms with Gasteiger partial charge >= 0.3 is 0 Å². The van der Waals surface area contributed by atoms with E-state index in [1.165, 1.54) is 6.07 Å². The number of nitro groups is 1. The summed E-state index contributed by atoms with van der Waals surface area (Å²) in [7, 11) is 0. The van der Waals surface area contributed by atoms with Gasteiger partial charge in [0, 0.05) is 47.6 Å². The number of ether oxygens (including phenoxy) is 1. The zero-order valence-electron chi connectivity index (χ0n) is 21.6. The van der Waals surface area contributed by atoms with Crippen LogP contribution in [0.25, 0.3) is 45.1 Å². The normalized spacial score (nSPS) is 13.3. The zero-order valence-corrected chi connectivity index (χ0v) is 21.6. The smallest absolute Gasteiger partial charge is 0.295 e. The Bertz CT molecular complexity index is 1810. The number of nitrogens with zero attached hydrogens (tertiary/aromatic N) is 5. The molecule has 5 aromatic rings. The lowest BCUT2D eigenvalue weighted by Gasteiger charge is -2.29. The van der Waals surface area contributed by atoms with Crippen molar-refractivity contribution in [3.8, 4) is 28.2 Å². The highest BCUT2D eigenvalue weighted by Crippen LogP contribution is 2.33. The number of anilines is 1. The number of aromatic nitrogens is 3. The Morgan fingerprint density at radius 3 is 2.40 bits per heavy atom. The molecule has 0 bridgehead atoms. The fourth-order valence-electron chi connectivity index (χ4n) is 5.01. The van der Waals surface area contributed by atoms with Gasteiger partial charge in [-0.05, 0) is 54.1 Å². The maximum atomic E-state index is 13.8. The van der Waals surface area contributed by atoms with Crippen molar-refractivity contribution < 1.29 is 9.66 Å². The van der Waals surface area contributed by atoms with E-state index < -0.39 is 10.5 Å². The lowest BCUT2D eigenvalue weighted by Crippen LogP contribution is -2.36. The second kappa shape index (κ2) is 10.5. The zero-order chi connectivity index (χ0) is 27.6. The average Bonchev–Trinajstić information content (AvgIpc) is 3.01. The molecular weight excluding hydrogens is 506 g/mol. The molecule has 0 radical (unpaired) electrons. The Kier molecular flexibility index (Phi) is 6.63. The van der Waals surface area contributed by atoms with Gasteiger partial charge in [-0.1, -0.05) is 36.9 Å². The van der Waals surface area contributed by atoms with Crippen molar-refractivity contribution in [2.24, 2.45) is 0 Å². The van der Waals surface area contributed by atoms with Gasteiger partial charge in [0.25, 0.3) is 11.2 Å². The van der Waals surface area contributed by atoms with Crippen LogP contribution in [0.3, 0.4) is 0 Å². The molecule has 1 aliphatic heterocycles. The first-order valence-electron chi connectivity index (χ1n) is 12.9. The maximum absolute atomic E-state index is 13.8. The van der Waals surface area contributed by atoms with E-state index >= 15 is 0 Å². The van der Waals surface area contributed by atoms with E-state index in [1.54, 1.807) is 36.5 Å². The molecule has 1 fully saturated rings. The van der Waals surface area contributed by atoms with Crippen molar-refractivity contribution in [1.82, 2.24) is 14.8 Å². The minimum absolute atomic E-state index is 0.107. The number of nitro benzene ring substituents is 1. The molecule has 198 valence electrons. The van der Waals surface area contributed by atoms with E-state index in [-0.39, 0.29) is 11.4 Å². The van der Waals surface area contributed by atoms with Crippen LogP contribution in [0, 0.1) is 10.1 Å². The molecule has 1 aliphatic rings. The first-order valence-corrected chi connectivity index (χ1v) is 12.9. The minimum atomic E-state index is -0.487. The highest BCUT2D eigenvalue weighted by atomic mass is 16.6. The number of benzene rings is 3. The topological polar surface area (TPSA) is 103 Å². The number of fused-ring (bicyclic) bond motifs is 1. The van der Waals surface area contributed by atoms with Gasteiger partial charge < -0.3 is 9.64 Å². The van der Waals surface area contributed by atoms with Crippen LogP contribution in [-0.2, 0) is 4.74 Å². The molecule has 0 unspecified atom stereocenters. The molecule has 6 rings (SSSR count). The van der Waals surface area contributed by atoms with Crippen molar-refractivity contribution >= 4 is 28.2 Å². The van der Waals surface area contributed by atoms with Gasteiger partial charge in [0.15, 0.2) is 0 Å². The molecular formula is C31H25N5O4. The monoisotopic (exact) mass is 531 g/mol. The van der Waals surface area contributed by atoms with Crippen LogP contribution in [0.4, 0.5) is 11.4 Å². The lowest BCUT2D eigenvalue weighted by atomic mass is 9.98. The van der Waals surface area contributed by atoms with Crippen molar-refractivity contribution in [2.75, 3.05) is 31.2 Å². The number of hydrogen-bond acceptors (Lipinski definition) is 7. The van der Waals surface area contributed by atoms with Crippen LogP contribution in [0.1, 0.15) is 5.56 Å². The molecule has 2 aromatic heterocycles. The largest absolute Gasteiger partial charge is 0.378 e. The molecule has 0 saturated carbocycles. The summed E-state index contributed by atoms with van der Waals surface area (Å²) in [6.45, 7) is 6.35. The Labute approximate surface area is 229 Å². The molecule has 1 saturated heterocycles. The van der Waals surface area contributed by atoms with Crippen LogP contribution >= 0.6 is 0 Å². The summed E-state index contributed by atoms with van der Waals surface area (Å²) >= 11 is 0. The molecule has 9 heteroatoms. The first kappa shape index (κ1) is 25.1. The van der Waals surface area contributed by atoms with Crippen LogP contribution in [0.5, 0.6) is 0 Å². The van der Waals surface area contributed by atoms with E-state index in [4.69, 9.17) is 9.84 Å². The fraction of sp³-hybridized carbons (Fsp3) is 0.129. The van der Waals surface area contributed by atoms with Crippen LogP contribution < -0.4 is 10.5 Å². The predicted octanol–water partition coefficient (Wildman–Crippen LogP) is 5.50. The Hall–Kier alpha value is -5.15. The van der Waals surface area contributed by atoms with Crippen LogP contribution in [0.2, 0.25) is 0 Å². The molecule has 9 nitrogen and oxygen atoms in total. The number of pyridine rings is 1. The van der Waals surface area contributed by atoms with Gasteiger partial charge in [0.05, 0.1) is 34.9 Å². The van der Waals surface area contributed by atoms with E-state index in [2.05, 4.69) is 16.5 Å². The summed E-state index contributed by atoms with van der Waals surface area (Å²) in [5, 5.41) is 17.9. The predicted molar refractivity (Wildman–Crippen MR) is 156 cm³/mol. The second-order valence-electron chi connectivity index (χ2n) is 9.40. The molecule has 0 amide bonds. The summed E-state index contributed by atoms with van der Waals surface area (Å²) in [4.78, 5) is 32.0. The van der Waals surface area contributed by atoms with Crippen LogP contribution in [-0.4, -0.2) is 46.0 Å². The highest BCUT2D eigenvalue weighted by Gasteiger charge is 2.23. The van der Waals surface area contributed by atoms with E-state index in [0.29, 0.717) is 42.8 Å². The van der Waals surface area contributed by atoms with Gasteiger partial charge in [-0.2, -0.15) is 9.78 Å². The van der Waals surface area contributed by atoms with E-state index in [0.717, 1.165) is 32.8 Å². The summed E-state index contributed by atoms with van der Waals surface area (Å²) in [6, 6.07) is 23.5. The maximum Gasteiger partial charge on any atom is 0.295 e. The summed E-state index contributed by atoms with van der Waals surface area (Å²) in [5.74, 6) is 0. The lowest BCUT2D eigenvalue weighted by molar-refractivity contribution is -0.384. The summed E-state index contributed by atoms with van der Waals surface area (Å²) in [6.07, 6.45) is 3.47. The standard InChI is InChI=1S/C31H25N5O4/c1-2-21-17-22(27-9-5-6-12-32-27)19-23(18-21)30-25-7-3-4-8-26(25)31(37)35(33-30)29-20-24(10-11-28(29)36(38)39)34-13-15-40-16-14-34/h2-12,17-20H,1,13-16H2. The van der Waals surface area contributed by atoms with Crippen molar-refractivity contribution in [1.29, 1.82) is 0 Å². The quantitative estimate of drug-likeness (QED) is 0.210. The molecule has 0 aliphatic carbocycles. The van der Waals surface area contributed by atoms with Gasteiger partial charge in [-0.3, -0.25) is 19.9 Å². The van der Waals surface area contributed by atoms with Crippen molar-refractivity contribution in [2.45, 2.75) is 0 Å². The van der Waals surface area contributed by atoms with Crippen molar-refractivity contribution in [3.05, 3.63) is 118 Å². The molecule has 0 spiro atoms. The third kappa shape index (κ3) is 4.63. The van der Waals surface area contributed by atoms with Gasteiger partial charge in [-0.25, -0.2) is 0 Å². The number of hydrogen-bond donors (Lipinski definition) is 0. The molecule has 3 aromatic carbocycles. The van der Waals surface area contributed by atoms with Gasteiger partial charge in [-0.15, -0.1) is 0 Å². The first-order chi connectivity index (χ1) is 19.5. The number of morpholine rings is 1. The third-order valence-electron chi connectivity index (χ3n) is 6.99. The van der Waals surface area contributed by atoms with Crippen LogP contribution in [0.15, 0.2) is 96.4 Å². The number of rotatable bonds is 6. The average molecular weight is 532 g/mol. The summed E-state index contributed by atoms with van der Waals surface area (Å²) in [5.41, 5.74) is 3.96. The molecule has 0 atom stereocenters. The molecule has 0 N–H and O–H groups in total. The SMILES string of the molecule is C=Cc1cc(-c2ccccn2)cc(-c2nn(-c3cc(N4CCOCC4)ccc3[N+](=O)[O-])c(=O)c3ccccc23)c1. The highest BCUT2D eigenvalue weighted by molar-refractivity contribution is 5.95. The second-order valence-corrected chi connectivity index (χ2v) is 9.40. The van der Waals surface area contributed by atoms with Gasteiger partial charge in [0.1, 0.15) is 5.69 Å². The van der Waals surface area contributed by atoms with Crippen molar-refractivity contribution in [3.63, 3.8) is 0 Å². The third-order valence-corrected chi connectivity index (χ3v) is 6.99. The van der Waals surface area contributed by atoms with Gasteiger partial charge in [0.2, 0.25) is 0 Å².